The molecule has 0 spiro atoms. The average Bonchev–Trinajstić information content (AvgIpc) is 3.19. The van der Waals surface area contributed by atoms with E-state index >= 15 is 0 Å². The quantitative estimate of drug-likeness (QED) is 0.732. The number of aromatic nitrogens is 2. The summed E-state index contributed by atoms with van der Waals surface area (Å²) in [5, 5.41) is 4.43. The van der Waals surface area contributed by atoms with Crippen LogP contribution in [0.25, 0.3) is 11.5 Å². The minimum Gasteiger partial charge on any atom is -0.463 e. The van der Waals surface area contributed by atoms with Crippen LogP contribution in [0.3, 0.4) is 0 Å². The van der Waals surface area contributed by atoms with Crippen LogP contribution in [0.5, 0.6) is 0 Å². The first-order chi connectivity index (χ1) is 12.3. The Morgan fingerprint density at radius 1 is 1.08 bits per heavy atom. The summed E-state index contributed by atoms with van der Waals surface area (Å²) in [5.74, 6) is 0.651. The largest absolute Gasteiger partial charge is 0.463 e. The van der Waals surface area contributed by atoms with Crippen molar-refractivity contribution in [3.63, 3.8) is 0 Å². The third kappa shape index (κ3) is 3.55. The van der Waals surface area contributed by atoms with Gasteiger partial charge in [-0.1, -0.05) is 30.3 Å². The van der Waals surface area contributed by atoms with Gasteiger partial charge in [-0.05, 0) is 23.8 Å². The van der Waals surface area contributed by atoms with Crippen LogP contribution in [0, 0.1) is 0 Å². The summed E-state index contributed by atoms with van der Waals surface area (Å²) in [5.41, 5.74) is 1.67. The van der Waals surface area contributed by atoms with Gasteiger partial charge >= 0.3 is 0 Å². The third-order valence-corrected chi connectivity index (χ3v) is 4.30. The van der Waals surface area contributed by atoms with Crippen LogP contribution in [0.1, 0.15) is 11.7 Å². The molecule has 6 heteroatoms. The van der Waals surface area contributed by atoms with Crippen LogP contribution >= 0.6 is 0 Å². The Bertz CT molecular complexity index is 874. The Hall–Kier alpha value is -2.70. The van der Waals surface area contributed by atoms with Gasteiger partial charge in [-0.2, -0.15) is 5.10 Å². The maximum Gasteiger partial charge on any atom is 0.268 e. The molecule has 0 N–H and O–H groups in total. The molecule has 128 valence electrons. The molecule has 1 saturated heterocycles. The standard InChI is InChI=1S/C19H19N3O3/c23-19-9-8-16(17-7-4-11-24-17)20-22(19)14-21-10-12-25-18(13-21)15-5-2-1-3-6-15/h1-9,11,18H,10,12-14H2. The highest BCUT2D eigenvalue weighted by molar-refractivity contribution is 5.50. The number of ether oxygens (including phenoxy) is 1. The Balaban J connectivity index is 1.52. The number of furan rings is 1. The first-order valence-corrected chi connectivity index (χ1v) is 8.30. The number of hydrogen-bond acceptors (Lipinski definition) is 5. The van der Waals surface area contributed by atoms with E-state index in [0.29, 0.717) is 24.7 Å². The lowest BCUT2D eigenvalue weighted by Gasteiger charge is -2.33. The summed E-state index contributed by atoms with van der Waals surface area (Å²) in [6.45, 7) is 2.55. The maximum atomic E-state index is 12.2. The molecule has 1 atom stereocenters. The van der Waals surface area contributed by atoms with Gasteiger partial charge in [-0.15, -0.1) is 0 Å². The molecular weight excluding hydrogens is 318 g/mol. The zero-order valence-electron chi connectivity index (χ0n) is 13.7. The highest BCUT2D eigenvalue weighted by Gasteiger charge is 2.22. The summed E-state index contributed by atoms with van der Waals surface area (Å²) >= 11 is 0. The number of hydrogen-bond donors (Lipinski definition) is 0. The molecule has 1 aromatic carbocycles. The summed E-state index contributed by atoms with van der Waals surface area (Å²) in [7, 11) is 0. The van der Waals surface area contributed by atoms with Crippen molar-refractivity contribution in [2.45, 2.75) is 12.8 Å². The van der Waals surface area contributed by atoms with Crippen LogP contribution in [-0.2, 0) is 11.4 Å². The van der Waals surface area contributed by atoms with Crippen molar-refractivity contribution in [2.75, 3.05) is 19.7 Å². The van der Waals surface area contributed by atoms with E-state index in [2.05, 4.69) is 22.1 Å². The van der Waals surface area contributed by atoms with Crippen LogP contribution in [0.15, 0.2) is 70.1 Å². The molecule has 6 nitrogen and oxygen atoms in total. The molecule has 0 saturated carbocycles. The maximum absolute atomic E-state index is 12.2. The second-order valence-electron chi connectivity index (χ2n) is 6.02. The van der Waals surface area contributed by atoms with Crippen molar-refractivity contribution in [1.82, 2.24) is 14.7 Å². The topological polar surface area (TPSA) is 60.5 Å². The molecule has 3 heterocycles. The minimum absolute atomic E-state index is 0.0129. The number of nitrogens with zero attached hydrogens (tertiary/aromatic N) is 3. The van der Waals surface area contributed by atoms with Crippen molar-refractivity contribution in [3.8, 4) is 11.5 Å². The minimum atomic E-state index is -0.127. The van der Waals surface area contributed by atoms with Gasteiger partial charge in [0.25, 0.3) is 5.56 Å². The Morgan fingerprint density at radius 2 is 1.96 bits per heavy atom. The van der Waals surface area contributed by atoms with Crippen LogP contribution in [-0.4, -0.2) is 34.4 Å². The Morgan fingerprint density at radius 3 is 2.76 bits per heavy atom. The molecule has 1 fully saturated rings. The van der Waals surface area contributed by atoms with Gasteiger partial charge in [0.2, 0.25) is 0 Å². The molecule has 1 aliphatic rings. The van der Waals surface area contributed by atoms with Gasteiger partial charge in [0.05, 0.1) is 25.6 Å². The summed E-state index contributed by atoms with van der Waals surface area (Å²) in [6.07, 6.45) is 1.61. The summed E-state index contributed by atoms with van der Waals surface area (Å²) in [4.78, 5) is 14.4. The molecule has 0 amide bonds. The van der Waals surface area contributed by atoms with Crippen molar-refractivity contribution in [3.05, 3.63) is 76.8 Å². The third-order valence-electron chi connectivity index (χ3n) is 4.30. The highest BCUT2D eigenvalue weighted by Crippen LogP contribution is 2.22. The first-order valence-electron chi connectivity index (χ1n) is 8.30. The lowest BCUT2D eigenvalue weighted by molar-refractivity contribution is -0.0421. The lowest BCUT2D eigenvalue weighted by atomic mass is 10.1. The Labute approximate surface area is 145 Å². The van der Waals surface area contributed by atoms with Gasteiger partial charge in [-0.25, -0.2) is 4.68 Å². The molecule has 2 aromatic heterocycles. The number of morpholine rings is 1. The number of benzene rings is 1. The van der Waals surface area contributed by atoms with Crippen LogP contribution < -0.4 is 5.56 Å². The fourth-order valence-corrected chi connectivity index (χ4v) is 3.00. The van der Waals surface area contributed by atoms with Gasteiger partial charge < -0.3 is 9.15 Å². The van der Waals surface area contributed by atoms with E-state index in [0.717, 1.165) is 18.7 Å². The lowest BCUT2D eigenvalue weighted by Crippen LogP contribution is -2.42. The zero-order valence-corrected chi connectivity index (χ0v) is 13.7. The first kappa shape index (κ1) is 15.8. The van der Waals surface area contributed by atoms with Crippen LogP contribution in [0.4, 0.5) is 0 Å². The number of rotatable bonds is 4. The van der Waals surface area contributed by atoms with Gasteiger partial charge in [0.15, 0.2) is 5.76 Å². The SMILES string of the molecule is O=c1ccc(-c2ccco2)nn1CN1CCOC(c2ccccc2)C1. The van der Waals surface area contributed by atoms with E-state index in [4.69, 9.17) is 9.15 Å². The normalized spacial score (nSPS) is 18.3. The smallest absolute Gasteiger partial charge is 0.268 e. The van der Waals surface area contributed by atoms with E-state index in [1.807, 2.05) is 24.3 Å². The molecule has 3 aromatic rings. The predicted molar refractivity (Wildman–Crippen MR) is 92.9 cm³/mol. The summed E-state index contributed by atoms with van der Waals surface area (Å²) < 4.78 is 12.7. The molecule has 4 rings (SSSR count). The second-order valence-corrected chi connectivity index (χ2v) is 6.02. The Kier molecular flexibility index (Phi) is 4.45. The van der Waals surface area contributed by atoms with Gasteiger partial charge in [0.1, 0.15) is 5.69 Å². The van der Waals surface area contributed by atoms with Crippen molar-refractivity contribution in [1.29, 1.82) is 0 Å². The fourth-order valence-electron chi connectivity index (χ4n) is 3.00. The monoisotopic (exact) mass is 337 g/mol. The van der Waals surface area contributed by atoms with Crippen molar-refractivity contribution < 1.29 is 9.15 Å². The fraction of sp³-hybridized carbons (Fsp3) is 0.263. The van der Waals surface area contributed by atoms with Gasteiger partial charge in [-0.3, -0.25) is 9.69 Å². The van der Waals surface area contributed by atoms with Gasteiger partial charge in [0, 0.05) is 19.2 Å². The molecule has 1 unspecified atom stereocenters. The average molecular weight is 337 g/mol. The van der Waals surface area contributed by atoms with E-state index in [-0.39, 0.29) is 11.7 Å². The summed E-state index contributed by atoms with van der Waals surface area (Å²) in [6, 6.07) is 17.0. The molecule has 0 radical (unpaired) electrons. The second kappa shape index (κ2) is 7.04. The van der Waals surface area contributed by atoms with Crippen molar-refractivity contribution >= 4 is 0 Å². The van der Waals surface area contributed by atoms with E-state index in [1.165, 1.54) is 10.7 Å². The highest BCUT2D eigenvalue weighted by atomic mass is 16.5. The molecule has 0 bridgehead atoms. The van der Waals surface area contributed by atoms with Crippen molar-refractivity contribution in [2.24, 2.45) is 0 Å². The molecular formula is C19H19N3O3. The zero-order chi connectivity index (χ0) is 17.1. The van der Waals surface area contributed by atoms with Crippen LogP contribution in [0.2, 0.25) is 0 Å². The van der Waals surface area contributed by atoms with E-state index < -0.39 is 0 Å². The van der Waals surface area contributed by atoms with E-state index in [9.17, 15) is 4.79 Å². The van der Waals surface area contributed by atoms with E-state index in [1.54, 1.807) is 18.4 Å². The molecule has 1 aliphatic heterocycles. The molecule has 25 heavy (non-hydrogen) atoms. The predicted octanol–water partition coefficient (Wildman–Crippen LogP) is 2.53. The molecule has 0 aliphatic carbocycles.